The van der Waals surface area contributed by atoms with Gasteiger partial charge in [0.15, 0.2) is 0 Å². The fraction of sp³-hybridized carbons (Fsp3) is 0.694. The number of carbonyl (C=O) groups excluding carboxylic acids is 1. The number of nitrogens with zero attached hydrogens (tertiary/aromatic N) is 1. The van der Waals surface area contributed by atoms with Gasteiger partial charge < -0.3 is 19.1 Å². The van der Waals surface area contributed by atoms with Crippen molar-refractivity contribution in [3.05, 3.63) is 58.7 Å². The van der Waals surface area contributed by atoms with Crippen LogP contribution in [0.5, 0.6) is 0 Å². The Hall–Kier alpha value is -2.11. The molecule has 222 valence electrons. The molecule has 2 aliphatic heterocycles. The zero-order chi connectivity index (χ0) is 28.5. The summed E-state index contributed by atoms with van der Waals surface area (Å²) in [4.78, 5) is 15.6. The van der Waals surface area contributed by atoms with Crippen LogP contribution in [0.15, 0.2) is 53.1 Å². The molecule has 1 aromatic rings. The number of allylic oxidation sites excluding steroid dienone is 2. The number of carbonyl (C=O) groups is 1. The minimum Gasteiger partial charge on any atom is -0.445 e. The van der Waals surface area contributed by atoms with Gasteiger partial charge in [0.2, 0.25) is 0 Å². The molecule has 4 aliphatic carbocycles. The summed E-state index contributed by atoms with van der Waals surface area (Å²) in [6, 6.07) is 10.1. The molecule has 6 aliphatic rings. The summed E-state index contributed by atoms with van der Waals surface area (Å²) in [6.07, 6.45) is 12.2. The number of rotatable bonds is 3. The average Bonchev–Trinajstić information content (AvgIpc) is 3.50. The van der Waals surface area contributed by atoms with Crippen LogP contribution in [0.1, 0.15) is 84.6 Å². The molecule has 41 heavy (non-hydrogen) atoms. The second-order valence-corrected chi connectivity index (χ2v) is 14.6. The average molecular weight is 560 g/mol. The third-order valence-electron chi connectivity index (χ3n) is 12.8. The van der Waals surface area contributed by atoms with Gasteiger partial charge >= 0.3 is 6.09 Å². The van der Waals surface area contributed by atoms with Crippen LogP contribution in [0.25, 0.3) is 0 Å². The summed E-state index contributed by atoms with van der Waals surface area (Å²) in [5.74, 6) is 2.82. The smallest absolute Gasteiger partial charge is 0.410 e. The van der Waals surface area contributed by atoms with Crippen molar-refractivity contribution in [3.8, 4) is 0 Å². The number of amides is 1. The zero-order valence-electron chi connectivity index (χ0n) is 25.7. The van der Waals surface area contributed by atoms with E-state index in [1.54, 1.807) is 11.1 Å². The van der Waals surface area contributed by atoms with Gasteiger partial charge in [0.25, 0.3) is 0 Å². The molecule has 0 bridgehead atoms. The first-order valence-electron chi connectivity index (χ1n) is 16.3. The molecule has 2 heterocycles. The van der Waals surface area contributed by atoms with Gasteiger partial charge in [0.05, 0.1) is 23.9 Å². The van der Waals surface area contributed by atoms with Crippen molar-refractivity contribution < 1.29 is 19.0 Å². The van der Waals surface area contributed by atoms with Gasteiger partial charge in [-0.1, -0.05) is 68.3 Å². The van der Waals surface area contributed by atoms with Crippen molar-refractivity contribution in [2.45, 2.75) is 110 Å². The molecule has 0 aromatic heterocycles. The van der Waals surface area contributed by atoms with E-state index in [0.29, 0.717) is 30.0 Å². The van der Waals surface area contributed by atoms with E-state index in [2.05, 4.69) is 33.8 Å². The molecule has 4 fully saturated rings. The minimum atomic E-state index is -0.262. The maximum absolute atomic E-state index is 13.5. The molecular weight excluding hydrogens is 510 g/mol. The lowest BCUT2D eigenvalue weighted by atomic mass is 9.56. The summed E-state index contributed by atoms with van der Waals surface area (Å²) < 4.78 is 18.9. The van der Waals surface area contributed by atoms with Gasteiger partial charge in [-0.2, -0.15) is 0 Å². The Labute approximate surface area is 246 Å². The van der Waals surface area contributed by atoms with Gasteiger partial charge in [-0.15, -0.1) is 0 Å². The maximum Gasteiger partial charge on any atom is 0.410 e. The maximum atomic E-state index is 13.5. The van der Waals surface area contributed by atoms with Crippen LogP contribution in [-0.2, 0) is 20.8 Å². The van der Waals surface area contributed by atoms with E-state index in [0.717, 1.165) is 43.2 Å². The Balaban J connectivity index is 1.14. The van der Waals surface area contributed by atoms with Crippen LogP contribution >= 0.6 is 0 Å². The molecule has 0 N–H and O–H groups in total. The molecule has 5 heteroatoms. The topological polar surface area (TPSA) is 48.0 Å². The van der Waals surface area contributed by atoms with Crippen molar-refractivity contribution in [3.63, 3.8) is 0 Å². The predicted octanol–water partition coefficient (Wildman–Crippen LogP) is 7.71. The Morgan fingerprint density at radius 3 is 2.71 bits per heavy atom. The highest BCUT2D eigenvalue weighted by molar-refractivity contribution is 5.68. The monoisotopic (exact) mass is 559 g/mol. The first kappa shape index (κ1) is 27.7. The summed E-state index contributed by atoms with van der Waals surface area (Å²) in [6.45, 7) is 10.6. The summed E-state index contributed by atoms with van der Waals surface area (Å²) in [5, 5.41) is 0. The summed E-state index contributed by atoms with van der Waals surface area (Å²) >= 11 is 0. The van der Waals surface area contributed by atoms with Crippen LogP contribution in [0, 0.1) is 35.0 Å². The number of likely N-dealkylation sites (tertiary alicyclic amines) is 1. The van der Waals surface area contributed by atoms with Crippen molar-refractivity contribution in [2.24, 2.45) is 35.0 Å². The molecule has 1 aromatic carbocycles. The molecule has 0 unspecified atom stereocenters. The third kappa shape index (κ3) is 4.27. The van der Waals surface area contributed by atoms with Crippen LogP contribution < -0.4 is 0 Å². The number of methoxy groups -OCH3 is 1. The predicted molar refractivity (Wildman–Crippen MR) is 160 cm³/mol. The van der Waals surface area contributed by atoms with E-state index in [9.17, 15) is 4.79 Å². The Morgan fingerprint density at radius 2 is 1.93 bits per heavy atom. The van der Waals surface area contributed by atoms with Gasteiger partial charge in [0.1, 0.15) is 6.61 Å². The molecule has 2 saturated carbocycles. The Morgan fingerprint density at radius 1 is 1.12 bits per heavy atom. The van der Waals surface area contributed by atoms with Crippen molar-refractivity contribution >= 4 is 6.09 Å². The number of ether oxygens (including phenoxy) is 3. The highest BCUT2D eigenvalue weighted by Gasteiger charge is 2.62. The summed E-state index contributed by atoms with van der Waals surface area (Å²) in [5.41, 5.74) is 5.94. The Kier molecular flexibility index (Phi) is 6.93. The second-order valence-electron chi connectivity index (χ2n) is 14.6. The van der Waals surface area contributed by atoms with E-state index in [1.807, 2.05) is 42.3 Å². The van der Waals surface area contributed by atoms with Crippen molar-refractivity contribution in [1.82, 2.24) is 4.90 Å². The quantitative estimate of drug-likeness (QED) is 0.356. The van der Waals surface area contributed by atoms with Gasteiger partial charge in [-0.25, -0.2) is 4.79 Å². The molecule has 0 radical (unpaired) electrons. The van der Waals surface area contributed by atoms with E-state index in [-0.39, 0.29) is 29.8 Å². The Bertz CT molecular complexity index is 1240. The molecule has 5 nitrogen and oxygen atoms in total. The molecular formula is C36H49NO4. The highest BCUT2D eigenvalue weighted by atomic mass is 16.6. The lowest BCUT2D eigenvalue weighted by Crippen LogP contribution is -2.54. The van der Waals surface area contributed by atoms with E-state index in [1.165, 1.54) is 37.7 Å². The molecule has 1 spiro atoms. The molecule has 1 amide bonds. The van der Waals surface area contributed by atoms with Gasteiger partial charge in [-0.05, 0) is 98.5 Å². The lowest BCUT2D eigenvalue weighted by molar-refractivity contribution is -0.0639. The third-order valence-corrected chi connectivity index (χ3v) is 12.8. The number of piperidine rings is 1. The van der Waals surface area contributed by atoms with Crippen LogP contribution in [0.3, 0.4) is 0 Å². The minimum absolute atomic E-state index is 0.0698. The van der Waals surface area contributed by atoms with E-state index in [4.69, 9.17) is 14.2 Å². The van der Waals surface area contributed by atoms with Crippen molar-refractivity contribution in [1.29, 1.82) is 0 Å². The highest BCUT2D eigenvalue weighted by Crippen LogP contribution is 2.65. The first-order valence-corrected chi connectivity index (χ1v) is 16.3. The first-order chi connectivity index (χ1) is 19.7. The number of benzene rings is 1. The number of hydrogen-bond donors (Lipinski definition) is 0. The summed E-state index contributed by atoms with van der Waals surface area (Å²) in [7, 11) is 1.88. The zero-order valence-corrected chi connectivity index (χ0v) is 25.7. The standard InChI is InChI=1S/C36H49NO4/c1-22-17-32-33(37(20-22)34(38)40-21-25-9-7-6-8-10-25)24(3)36(41-32)16-14-28-29-12-11-26-18-27(39-5)13-15-35(26,4)31(29)19-30(28)23(36)2/h6-11,22,24,27-29,31-33H,12-21H2,1-5H3/t22-,24+,27-,28-,29-,31-,32+,33-,35-,36-/m0/s1. The van der Waals surface area contributed by atoms with E-state index >= 15 is 0 Å². The lowest BCUT2D eigenvalue weighted by Gasteiger charge is -2.49. The molecule has 2 saturated heterocycles. The molecule has 10 atom stereocenters. The van der Waals surface area contributed by atoms with Gasteiger partial charge in [-0.3, -0.25) is 0 Å². The van der Waals surface area contributed by atoms with Crippen molar-refractivity contribution in [2.75, 3.05) is 13.7 Å². The van der Waals surface area contributed by atoms with E-state index < -0.39 is 0 Å². The fourth-order valence-corrected chi connectivity index (χ4v) is 10.5. The second kappa shape index (κ2) is 10.3. The van der Waals surface area contributed by atoms with Crippen LogP contribution in [-0.4, -0.2) is 48.5 Å². The fourth-order valence-electron chi connectivity index (χ4n) is 10.5. The normalized spacial score (nSPS) is 43.2. The van der Waals surface area contributed by atoms with Crippen LogP contribution in [0.2, 0.25) is 0 Å². The number of fused-ring (bicyclic) bond motifs is 6. The SMILES string of the molecule is CO[C@H]1CC[C@@]2(C)C(=CC[C@H]3[C@@H]4CC[C@]5(O[C@@H]6C[C@H](C)CN(C(=O)OCc7ccccc7)[C@H]6[C@H]5C)C(C)=C4C[C@@H]32)C1. The van der Waals surface area contributed by atoms with Crippen LogP contribution in [0.4, 0.5) is 4.79 Å². The largest absolute Gasteiger partial charge is 0.445 e. The molecule has 7 rings (SSSR count). The number of hydrogen-bond acceptors (Lipinski definition) is 4. The van der Waals surface area contributed by atoms with Gasteiger partial charge in [0, 0.05) is 19.6 Å².